The van der Waals surface area contributed by atoms with Crippen LogP contribution in [0.15, 0.2) is 12.3 Å². The number of carbonyl (C=O) groups is 1. The Balaban J connectivity index is 3.07. The summed E-state index contributed by atoms with van der Waals surface area (Å²) in [6.07, 6.45) is 3.57. The van der Waals surface area contributed by atoms with Crippen LogP contribution in [0.3, 0.4) is 0 Å². The molecule has 0 aliphatic carbocycles. The van der Waals surface area contributed by atoms with Crippen LogP contribution >= 0.6 is 11.6 Å². The van der Waals surface area contributed by atoms with Gasteiger partial charge in [0.1, 0.15) is 6.20 Å². The topological polar surface area (TPSA) is 50.2 Å². The van der Waals surface area contributed by atoms with Crippen molar-refractivity contribution < 1.29 is 9.90 Å². The molecule has 0 saturated heterocycles. The van der Waals surface area contributed by atoms with Gasteiger partial charge in [-0.2, -0.15) is 0 Å². The highest BCUT2D eigenvalue weighted by atomic mass is 35.5. The van der Waals surface area contributed by atoms with E-state index in [-0.39, 0.29) is 10.6 Å². The molecule has 1 heterocycles. The molecule has 0 aliphatic heterocycles. The van der Waals surface area contributed by atoms with E-state index in [1.54, 1.807) is 0 Å². The maximum absolute atomic E-state index is 10.2. The van der Waals surface area contributed by atoms with E-state index in [0.717, 1.165) is 0 Å². The van der Waals surface area contributed by atoms with Crippen molar-refractivity contribution in [3.8, 4) is 0 Å². The third-order valence-electron chi connectivity index (χ3n) is 0.904. The number of rotatable bonds is 1. The van der Waals surface area contributed by atoms with Crippen molar-refractivity contribution in [3.63, 3.8) is 0 Å². The van der Waals surface area contributed by atoms with Gasteiger partial charge in [0.2, 0.25) is 0 Å². The molecule has 3 nitrogen and oxygen atoms in total. The van der Waals surface area contributed by atoms with E-state index in [0.29, 0.717) is 0 Å². The highest BCUT2D eigenvalue weighted by molar-refractivity contribution is 6.30. The van der Waals surface area contributed by atoms with Gasteiger partial charge in [-0.15, -0.1) is 0 Å². The van der Waals surface area contributed by atoms with Crippen molar-refractivity contribution in [2.24, 2.45) is 0 Å². The SMILES string of the molecule is O=C(O)c1cn[c]c(Cl)c1. The van der Waals surface area contributed by atoms with Gasteiger partial charge in [0.15, 0.2) is 0 Å². The maximum atomic E-state index is 10.2. The summed E-state index contributed by atoms with van der Waals surface area (Å²) >= 11 is 5.41. The molecule has 1 rings (SSSR count). The first-order chi connectivity index (χ1) is 4.70. The Morgan fingerprint density at radius 1 is 1.80 bits per heavy atom. The lowest BCUT2D eigenvalue weighted by molar-refractivity contribution is 0.0696. The molecule has 1 aromatic heterocycles. The largest absolute Gasteiger partial charge is 0.478 e. The third-order valence-corrected chi connectivity index (χ3v) is 1.10. The van der Waals surface area contributed by atoms with E-state index >= 15 is 0 Å². The number of carboxylic acid groups (broad SMARTS) is 1. The summed E-state index contributed by atoms with van der Waals surface area (Å²) in [6, 6.07) is 1.29. The predicted octanol–water partition coefficient (Wildman–Crippen LogP) is 1.23. The van der Waals surface area contributed by atoms with Crippen molar-refractivity contribution >= 4 is 17.6 Å². The van der Waals surface area contributed by atoms with Crippen LogP contribution < -0.4 is 0 Å². The number of aromatic carboxylic acids is 1. The van der Waals surface area contributed by atoms with Crippen LogP contribution in [0.1, 0.15) is 10.4 Å². The molecule has 0 spiro atoms. The Morgan fingerprint density at radius 2 is 2.50 bits per heavy atom. The summed E-state index contributed by atoms with van der Waals surface area (Å²) in [5.41, 5.74) is 0.0729. The maximum Gasteiger partial charge on any atom is 0.337 e. The minimum atomic E-state index is -1.04. The molecule has 0 fully saturated rings. The second-order valence-electron chi connectivity index (χ2n) is 1.62. The van der Waals surface area contributed by atoms with Crippen molar-refractivity contribution in [1.82, 2.24) is 4.98 Å². The van der Waals surface area contributed by atoms with Crippen LogP contribution in [0, 0.1) is 6.20 Å². The zero-order valence-corrected chi connectivity index (χ0v) is 5.59. The summed E-state index contributed by atoms with van der Waals surface area (Å²) in [5, 5.41) is 8.60. The molecule has 0 aliphatic rings. The second-order valence-corrected chi connectivity index (χ2v) is 2.03. The molecule has 10 heavy (non-hydrogen) atoms. The molecular formula is C6H3ClNO2. The van der Waals surface area contributed by atoms with E-state index in [1.807, 2.05) is 0 Å². The van der Waals surface area contributed by atoms with Gasteiger partial charge in [-0.1, -0.05) is 11.6 Å². The summed E-state index contributed by atoms with van der Waals surface area (Å²) in [5.74, 6) is -1.04. The van der Waals surface area contributed by atoms with Gasteiger partial charge < -0.3 is 5.11 Å². The predicted molar refractivity (Wildman–Crippen MR) is 35.0 cm³/mol. The minimum Gasteiger partial charge on any atom is -0.478 e. The van der Waals surface area contributed by atoms with Crippen molar-refractivity contribution in [2.75, 3.05) is 0 Å². The van der Waals surface area contributed by atoms with Crippen LogP contribution in [0.4, 0.5) is 0 Å². The minimum absolute atomic E-state index is 0.0729. The number of aromatic nitrogens is 1. The van der Waals surface area contributed by atoms with E-state index < -0.39 is 5.97 Å². The van der Waals surface area contributed by atoms with Crippen molar-refractivity contribution in [1.29, 1.82) is 0 Å². The van der Waals surface area contributed by atoms with E-state index in [2.05, 4.69) is 11.2 Å². The Hall–Kier alpha value is -1.09. The molecule has 1 N–H and O–H groups in total. The third kappa shape index (κ3) is 1.45. The van der Waals surface area contributed by atoms with Gasteiger partial charge in [0, 0.05) is 6.20 Å². The first-order valence-electron chi connectivity index (χ1n) is 2.46. The molecule has 0 aromatic carbocycles. The molecular weight excluding hydrogens is 154 g/mol. The number of hydrogen-bond acceptors (Lipinski definition) is 2. The zero-order chi connectivity index (χ0) is 7.56. The first-order valence-corrected chi connectivity index (χ1v) is 2.84. The van der Waals surface area contributed by atoms with Crippen molar-refractivity contribution in [3.05, 3.63) is 29.0 Å². The molecule has 1 aromatic rings. The fourth-order valence-corrected chi connectivity index (χ4v) is 0.653. The van der Waals surface area contributed by atoms with Crippen LogP contribution in [-0.2, 0) is 0 Å². The smallest absolute Gasteiger partial charge is 0.337 e. The number of nitrogens with zero attached hydrogens (tertiary/aromatic N) is 1. The monoisotopic (exact) mass is 156 g/mol. The van der Waals surface area contributed by atoms with Crippen LogP contribution in [-0.4, -0.2) is 16.1 Å². The molecule has 0 atom stereocenters. The lowest BCUT2D eigenvalue weighted by Crippen LogP contribution is -1.95. The fourth-order valence-electron chi connectivity index (χ4n) is 0.487. The molecule has 51 valence electrons. The second kappa shape index (κ2) is 2.66. The lowest BCUT2D eigenvalue weighted by atomic mass is 10.3. The molecule has 0 bridgehead atoms. The van der Waals surface area contributed by atoms with E-state index in [9.17, 15) is 4.79 Å². The average molecular weight is 157 g/mol. The fraction of sp³-hybridized carbons (Fsp3) is 0. The lowest BCUT2D eigenvalue weighted by Gasteiger charge is -1.90. The molecule has 4 heteroatoms. The number of pyridine rings is 1. The van der Waals surface area contributed by atoms with Gasteiger partial charge in [-0.3, -0.25) is 4.98 Å². The Bertz CT molecular complexity index is 262. The van der Waals surface area contributed by atoms with E-state index in [1.165, 1.54) is 12.3 Å². The van der Waals surface area contributed by atoms with Gasteiger partial charge in [-0.05, 0) is 6.07 Å². The van der Waals surface area contributed by atoms with Crippen LogP contribution in [0.5, 0.6) is 0 Å². The van der Waals surface area contributed by atoms with Crippen molar-refractivity contribution in [2.45, 2.75) is 0 Å². The summed E-state index contributed by atoms with van der Waals surface area (Å²) in [6.45, 7) is 0. The summed E-state index contributed by atoms with van der Waals surface area (Å²) in [4.78, 5) is 13.7. The molecule has 0 saturated carbocycles. The molecule has 0 amide bonds. The Kier molecular flexibility index (Phi) is 1.87. The number of hydrogen-bond donors (Lipinski definition) is 1. The Morgan fingerprint density at radius 3 is 2.90 bits per heavy atom. The number of halogens is 1. The van der Waals surface area contributed by atoms with Gasteiger partial charge in [-0.25, -0.2) is 4.79 Å². The Labute approximate surface area is 62.3 Å². The molecule has 0 unspecified atom stereocenters. The van der Waals surface area contributed by atoms with Gasteiger partial charge in [0.05, 0.1) is 10.6 Å². The normalized spacial score (nSPS) is 9.30. The molecule has 1 radical (unpaired) electrons. The quantitative estimate of drug-likeness (QED) is 0.666. The zero-order valence-electron chi connectivity index (χ0n) is 4.84. The summed E-state index contributed by atoms with van der Waals surface area (Å²) in [7, 11) is 0. The average Bonchev–Trinajstić information content (AvgIpc) is 1.88. The summed E-state index contributed by atoms with van der Waals surface area (Å²) < 4.78 is 0. The first kappa shape index (κ1) is 7.02. The van der Waals surface area contributed by atoms with Crippen LogP contribution in [0.2, 0.25) is 5.02 Å². The highest BCUT2D eigenvalue weighted by Crippen LogP contribution is 2.06. The van der Waals surface area contributed by atoms with Gasteiger partial charge in [0.25, 0.3) is 0 Å². The standard InChI is InChI=1S/C6H3ClNO2/c7-5-1-4(6(9)10)2-8-3-5/h1-2H,(H,9,10). The van der Waals surface area contributed by atoms with E-state index in [4.69, 9.17) is 16.7 Å². The van der Waals surface area contributed by atoms with Crippen LogP contribution in [0.25, 0.3) is 0 Å². The number of carboxylic acids is 1. The van der Waals surface area contributed by atoms with Gasteiger partial charge >= 0.3 is 5.97 Å². The highest BCUT2D eigenvalue weighted by Gasteiger charge is 2.01.